The molecule has 0 fully saturated rings. The van der Waals surface area contributed by atoms with Gasteiger partial charge in [-0.25, -0.2) is 4.98 Å². The van der Waals surface area contributed by atoms with Gasteiger partial charge >= 0.3 is 0 Å². The van der Waals surface area contributed by atoms with E-state index in [-0.39, 0.29) is 11.6 Å². The van der Waals surface area contributed by atoms with Crippen molar-refractivity contribution in [2.45, 2.75) is 6.92 Å². The molecule has 0 radical (unpaired) electrons. The molecule has 25 heavy (non-hydrogen) atoms. The van der Waals surface area contributed by atoms with Crippen LogP contribution in [0.4, 0.5) is 5.69 Å². The molecule has 1 N–H and O–H groups in total. The number of oxazole rings is 1. The molecule has 1 aromatic heterocycles. The molecule has 1 heterocycles. The van der Waals surface area contributed by atoms with Gasteiger partial charge in [0.15, 0.2) is 17.8 Å². The van der Waals surface area contributed by atoms with Crippen molar-refractivity contribution >= 4 is 11.6 Å². The normalized spacial score (nSPS) is 10.3. The van der Waals surface area contributed by atoms with Crippen LogP contribution in [0.2, 0.25) is 0 Å². The summed E-state index contributed by atoms with van der Waals surface area (Å²) in [6, 6.07) is 14.4. The summed E-state index contributed by atoms with van der Waals surface area (Å²) in [4.78, 5) is 16.6. The summed E-state index contributed by atoms with van der Waals surface area (Å²) < 4.78 is 16.0. The van der Waals surface area contributed by atoms with Crippen molar-refractivity contribution in [1.82, 2.24) is 4.98 Å². The number of amides is 1. The summed E-state index contributed by atoms with van der Waals surface area (Å²) in [5, 5.41) is 2.80. The van der Waals surface area contributed by atoms with Gasteiger partial charge in [-0.3, -0.25) is 4.79 Å². The first kappa shape index (κ1) is 16.6. The summed E-state index contributed by atoms with van der Waals surface area (Å²) in [5.41, 5.74) is 1.57. The van der Waals surface area contributed by atoms with E-state index in [1.54, 1.807) is 37.4 Å². The average molecular weight is 338 g/mol. The minimum absolute atomic E-state index is 0.210. The van der Waals surface area contributed by atoms with Gasteiger partial charge in [0, 0.05) is 11.3 Å². The van der Waals surface area contributed by atoms with Gasteiger partial charge in [0.1, 0.15) is 11.5 Å². The second-order valence-corrected chi connectivity index (χ2v) is 5.17. The maximum Gasteiger partial charge on any atom is 0.278 e. The third kappa shape index (κ3) is 3.80. The minimum Gasteiger partial charge on any atom is -0.497 e. The molecule has 0 spiro atoms. The molecular formula is C19H18N2O4. The molecule has 0 aliphatic carbocycles. The molecule has 0 saturated heterocycles. The van der Waals surface area contributed by atoms with Crippen molar-refractivity contribution in [3.8, 4) is 22.8 Å². The van der Waals surface area contributed by atoms with Crippen molar-refractivity contribution in [2.24, 2.45) is 0 Å². The van der Waals surface area contributed by atoms with Crippen LogP contribution in [-0.2, 0) is 0 Å². The fourth-order valence-corrected chi connectivity index (χ4v) is 2.37. The molecule has 6 nitrogen and oxygen atoms in total. The Labute approximate surface area is 145 Å². The zero-order chi connectivity index (χ0) is 17.6. The number of nitrogens with zero attached hydrogens (tertiary/aromatic N) is 1. The van der Waals surface area contributed by atoms with Crippen molar-refractivity contribution in [1.29, 1.82) is 0 Å². The zero-order valence-corrected chi connectivity index (χ0v) is 14.0. The number of hydrogen-bond acceptors (Lipinski definition) is 5. The van der Waals surface area contributed by atoms with Crippen LogP contribution in [0, 0.1) is 0 Å². The molecule has 0 atom stereocenters. The van der Waals surface area contributed by atoms with Crippen LogP contribution in [-0.4, -0.2) is 24.6 Å². The monoisotopic (exact) mass is 338 g/mol. The van der Waals surface area contributed by atoms with Crippen LogP contribution in [0.5, 0.6) is 11.5 Å². The van der Waals surface area contributed by atoms with E-state index in [0.29, 0.717) is 29.4 Å². The Balaban J connectivity index is 1.80. The summed E-state index contributed by atoms with van der Waals surface area (Å²) in [7, 11) is 1.58. The van der Waals surface area contributed by atoms with Crippen molar-refractivity contribution in [3.63, 3.8) is 0 Å². The molecular weight excluding hydrogens is 320 g/mol. The topological polar surface area (TPSA) is 73.6 Å². The fourth-order valence-electron chi connectivity index (χ4n) is 2.37. The van der Waals surface area contributed by atoms with Gasteiger partial charge in [0.2, 0.25) is 0 Å². The first-order valence-corrected chi connectivity index (χ1v) is 7.83. The third-order valence-electron chi connectivity index (χ3n) is 3.54. The third-order valence-corrected chi connectivity index (χ3v) is 3.54. The Hall–Kier alpha value is -3.28. The largest absolute Gasteiger partial charge is 0.497 e. The number of aromatic nitrogens is 1. The summed E-state index contributed by atoms with van der Waals surface area (Å²) in [5.74, 6) is 1.46. The molecule has 0 saturated carbocycles. The summed E-state index contributed by atoms with van der Waals surface area (Å²) >= 11 is 0. The molecule has 2 aromatic carbocycles. The molecule has 128 valence electrons. The number of methoxy groups -OCH3 is 1. The minimum atomic E-state index is -0.351. The lowest BCUT2D eigenvalue weighted by molar-refractivity contribution is 0.102. The van der Waals surface area contributed by atoms with Gasteiger partial charge in [0.05, 0.1) is 13.7 Å². The van der Waals surface area contributed by atoms with E-state index >= 15 is 0 Å². The first-order valence-electron chi connectivity index (χ1n) is 7.83. The number of hydrogen-bond donors (Lipinski definition) is 1. The molecule has 3 aromatic rings. The quantitative estimate of drug-likeness (QED) is 0.735. The lowest BCUT2D eigenvalue weighted by Crippen LogP contribution is -2.13. The van der Waals surface area contributed by atoms with Crippen molar-refractivity contribution in [2.75, 3.05) is 19.0 Å². The van der Waals surface area contributed by atoms with Crippen molar-refractivity contribution < 1.29 is 18.7 Å². The lowest BCUT2D eigenvalue weighted by atomic mass is 10.1. The Morgan fingerprint density at radius 1 is 1.16 bits per heavy atom. The van der Waals surface area contributed by atoms with Gasteiger partial charge < -0.3 is 19.2 Å². The Morgan fingerprint density at radius 2 is 1.96 bits per heavy atom. The number of carbonyl (C=O) groups excluding carboxylic acids is 1. The van der Waals surface area contributed by atoms with Gasteiger partial charge in [-0.05, 0) is 43.3 Å². The zero-order valence-electron chi connectivity index (χ0n) is 14.0. The predicted molar refractivity (Wildman–Crippen MR) is 94.1 cm³/mol. The molecule has 1 amide bonds. The lowest BCUT2D eigenvalue weighted by Gasteiger charge is -2.07. The van der Waals surface area contributed by atoms with E-state index in [0.717, 1.165) is 5.75 Å². The number of benzene rings is 2. The molecule has 6 heteroatoms. The smallest absolute Gasteiger partial charge is 0.278 e. The van der Waals surface area contributed by atoms with Crippen LogP contribution < -0.4 is 14.8 Å². The van der Waals surface area contributed by atoms with Gasteiger partial charge in [-0.2, -0.15) is 0 Å². The van der Waals surface area contributed by atoms with Crippen LogP contribution in [0.25, 0.3) is 11.3 Å². The number of ether oxygens (including phenoxy) is 2. The van der Waals surface area contributed by atoms with Gasteiger partial charge in [0.25, 0.3) is 5.91 Å². The number of anilines is 1. The highest BCUT2D eigenvalue weighted by atomic mass is 16.5. The van der Waals surface area contributed by atoms with E-state index < -0.39 is 0 Å². The van der Waals surface area contributed by atoms with Gasteiger partial charge in [-0.15, -0.1) is 0 Å². The van der Waals surface area contributed by atoms with Crippen molar-refractivity contribution in [3.05, 3.63) is 60.6 Å². The van der Waals surface area contributed by atoms with Crippen LogP contribution in [0.1, 0.15) is 17.4 Å². The van der Waals surface area contributed by atoms with Crippen LogP contribution in [0.15, 0.2) is 59.3 Å². The first-order chi connectivity index (χ1) is 12.2. The predicted octanol–water partition coefficient (Wildman–Crippen LogP) is 4.00. The standard InChI is InChI=1S/C19H18N2O4/c1-3-24-15-9-7-14(8-10-15)21-19(22)17-18(25-12-20-17)13-5-4-6-16(11-13)23-2/h4-12H,3H2,1-2H3,(H,21,22). The second-order valence-electron chi connectivity index (χ2n) is 5.17. The summed E-state index contributed by atoms with van der Waals surface area (Å²) in [6.45, 7) is 2.51. The Kier molecular flexibility index (Phi) is 4.99. The molecule has 0 bridgehead atoms. The maximum atomic E-state index is 12.5. The molecule has 0 aliphatic heterocycles. The van der Waals surface area contributed by atoms with Crippen LogP contribution >= 0.6 is 0 Å². The fraction of sp³-hybridized carbons (Fsp3) is 0.158. The average Bonchev–Trinajstić information content (AvgIpc) is 3.13. The van der Waals surface area contributed by atoms with E-state index in [1.165, 1.54) is 6.39 Å². The van der Waals surface area contributed by atoms with E-state index in [9.17, 15) is 4.79 Å². The number of carbonyl (C=O) groups is 1. The van der Waals surface area contributed by atoms with E-state index in [1.807, 2.05) is 25.1 Å². The Morgan fingerprint density at radius 3 is 2.68 bits per heavy atom. The second kappa shape index (κ2) is 7.53. The SMILES string of the molecule is CCOc1ccc(NC(=O)c2ncoc2-c2cccc(OC)c2)cc1. The maximum absolute atomic E-state index is 12.5. The number of nitrogens with one attached hydrogen (secondary N) is 1. The van der Waals surface area contributed by atoms with Gasteiger partial charge in [-0.1, -0.05) is 12.1 Å². The summed E-state index contributed by atoms with van der Waals surface area (Å²) in [6.07, 6.45) is 1.25. The highest BCUT2D eigenvalue weighted by molar-refractivity contribution is 6.06. The van der Waals surface area contributed by atoms with Crippen LogP contribution in [0.3, 0.4) is 0 Å². The molecule has 0 aliphatic rings. The number of rotatable bonds is 6. The van der Waals surface area contributed by atoms with E-state index in [2.05, 4.69) is 10.3 Å². The highest BCUT2D eigenvalue weighted by Crippen LogP contribution is 2.27. The Bertz CT molecular complexity index is 856. The highest BCUT2D eigenvalue weighted by Gasteiger charge is 2.19. The van der Waals surface area contributed by atoms with E-state index in [4.69, 9.17) is 13.9 Å². The molecule has 3 rings (SSSR count). The molecule has 0 unspecified atom stereocenters.